The van der Waals surface area contributed by atoms with Crippen LogP contribution in [0, 0.1) is 20.8 Å². The zero-order valence-corrected chi connectivity index (χ0v) is 11.3. The molecule has 3 aromatic heterocycles. The maximum atomic E-state index is 11.5. The van der Waals surface area contributed by atoms with Gasteiger partial charge in [-0.05, 0) is 32.4 Å². The molecule has 0 fully saturated rings. The Hall–Kier alpha value is -2.77. The Labute approximate surface area is 113 Å². The molecule has 8 heteroatoms. The topological polar surface area (TPSA) is 115 Å². The molecule has 0 atom stereocenters. The highest BCUT2D eigenvalue weighted by Gasteiger charge is 2.10. The summed E-state index contributed by atoms with van der Waals surface area (Å²) in [4.78, 5) is 15.8. The van der Waals surface area contributed by atoms with Crippen LogP contribution in [0.2, 0.25) is 0 Å². The monoisotopic (exact) mass is 271 g/mol. The quantitative estimate of drug-likeness (QED) is 0.621. The summed E-state index contributed by atoms with van der Waals surface area (Å²) in [5.74, 6) is 0.491. The Bertz CT molecular complexity index is 868. The second kappa shape index (κ2) is 4.41. The highest BCUT2D eigenvalue weighted by atomic mass is 16.1. The standard InChI is InChI=1S/C12H13N7O/c1-5-4-6(2)13-10-8(5)11(18-16-10)17-15-9-7(3)14-19-12(9)20/h4H,1-3H3,(H,13,16,18)(H2,14,19,20). The highest BCUT2D eigenvalue weighted by Crippen LogP contribution is 2.27. The molecular formula is C12H13N7O. The Morgan fingerprint density at radius 3 is 2.65 bits per heavy atom. The zero-order valence-electron chi connectivity index (χ0n) is 11.3. The Morgan fingerprint density at radius 1 is 1.15 bits per heavy atom. The van der Waals surface area contributed by atoms with Crippen LogP contribution in [-0.2, 0) is 0 Å². The number of azo groups is 1. The number of nitrogens with one attached hydrogen (secondary N) is 3. The van der Waals surface area contributed by atoms with Gasteiger partial charge in [-0.15, -0.1) is 10.2 Å². The van der Waals surface area contributed by atoms with Gasteiger partial charge in [-0.2, -0.15) is 5.10 Å². The predicted octanol–water partition coefficient (Wildman–Crippen LogP) is 2.31. The van der Waals surface area contributed by atoms with Crippen LogP contribution in [-0.4, -0.2) is 25.4 Å². The van der Waals surface area contributed by atoms with Gasteiger partial charge in [-0.25, -0.2) is 4.98 Å². The molecule has 8 nitrogen and oxygen atoms in total. The number of fused-ring (bicyclic) bond motifs is 1. The SMILES string of the molecule is Cc1cc(C)c2c(N=Nc3c(C)[nH][nH]c3=O)[nH]nc2n1. The summed E-state index contributed by atoms with van der Waals surface area (Å²) in [6, 6.07) is 1.95. The first kappa shape index (κ1) is 12.3. The van der Waals surface area contributed by atoms with E-state index < -0.39 is 0 Å². The first-order valence-corrected chi connectivity index (χ1v) is 6.07. The average molecular weight is 271 g/mol. The van der Waals surface area contributed by atoms with Gasteiger partial charge in [0, 0.05) is 5.69 Å². The molecule has 0 radical (unpaired) electrons. The van der Waals surface area contributed by atoms with Crippen molar-refractivity contribution in [2.75, 3.05) is 0 Å². The van der Waals surface area contributed by atoms with Crippen molar-refractivity contribution in [1.29, 1.82) is 0 Å². The Balaban J connectivity index is 2.10. The lowest BCUT2D eigenvalue weighted by atomic mass is 10.2. The summed E-state index contributed by atoms with van der Waals surface area (Å²) in [5, 5.41) is 20.9. The maximum Gasteiger partial charge on any atom is 0.291 e. The largest absolute Gasteiger partial charge is 0.300 e. The number of H-pyrrole nitrogens is 3. The van der Waals surface area contributed by atoms with Crippen LogP contribution in [0.4, 0.5) is 11.5 Å². The van der Waals surface area contributed by atoms with Crippen molar-refractivity contribution in [3.8, 4) is 0 Å². The van der Waals surface area contributed by atoms with Gasteiger partial charge in [0.25, 0.3) is 5.56 Å². The van der Waals surface area contributed by atoms with Gasteiger partial charge in [-0.1, -0.05) is 0 Å². The fourth-order valence-electron chi connectivity index (χ4n) is 2.08. The molecule has 102 valence electrons. The fraction of sp³-hybridized carbons (Fsp3) is 0.250. The van der Waals surface area contributed by atoms with E-state index in [0.717, 1.165) is 16.6 Å². The van der Waals surface area contributed by atoms with E-state index in [2.05, 4.69) is 35.6 Å². The number of aromatic amines is 3. The lowest BCUT2D eigenvalue weighted by Crippen LogP contribution is -1.96. The summed E-state index contributed by atoms with van der Waals surface area (Å²) in [5.41, 5.74) is 3.08. The predicted molar refractivity (Wildman–Crippen MR) is 73.7 cm³/mol. The van der Waals surface area contributed by atoms with E-state index in [9.17, 15) is 4.79 Å². The van der Waals surface area contributed by atoms with Gasteiger partial charge in [0.05, 0.1) is 11.1 Å². The number of pyridine rings is 1. The summed E-state index contributed by atoms with van der Waals surface area (Å²) < 4.78 is 0. The molecule has 0 bridgehead atoms. The molecule has 0 saturated carbocycles. The fourth-order valence-corrected chi connectivity index (χ4v) is 2.08. The molecule has 0 spiro atoms. The minimum absolute atomic E-state index is 0.255. The van der Waals surface area contributed by atoms with E-state index in [1.807, 2.05) is 19.9 Å². The van der Waals surface area contributed by atoms with Crippen LogP contribution in [0.3, 0.4) is 0 Å². The van der Waals surface area contributed by atoms with Gasteiger partial charge < -0.3 is 5.10 Å². The van der Waals surface area contributed by atoms with Crippen molar-refractivity contribution >= 4 is 22.5 Å². The highest BCUT2D eigenvalue weighted by molar-refractivity contribution is 5.88. The summed E-state index contributed by atoms with van der Waals surface area (Å²) in [6.07, 6.45) is 0. The molecule has 0 aromatic carbocycles. The third-order valence-corrected chi connectivity index (χ3v) is 3.01. The van der Waals surface area contributed by atoms with Gasteiger partial charge in [0.1, 0.15) is 0 Å². The lowest BCUT2D eigenvalue weighted by molar-refractivity contribution is 1.02. The summed E-state index contributed by atoms with van der Waals surface area (Å²) in [7, 11) is 0. The normalized spacial score (nSPS) is 11.8. The zero-order chi connectivity index (χ0) is 14.3. The molecule has 0 amide bonds. The van der Waals surface area contributed by atoms with Gasteiger partial charge in [0.2, 0.25) is 0 Å². The van der Waals surface area contributed by atoms with Gasteiger partial charge >= 0.3 is 0 Å². The first-order valence-electron chi connectivity index (χ1n) is 6.07. The molecule has 3 aromatic rings. The molecule has 3 N–H and O–H groups in total. The van der Waals surface area contributed by atoms with Crippen molar-refractivity contribution in [3.63, 3.8) is 0 Å². The lowest BCUT2D eigenvalue weighted by Gasteiger charge is -1.97. The Kier molecular flexibility index (Phi) is 2.70. The van der Waals surface area contributed by atoms with Crippen molar-refractivity contribution in [3.05, 3.63) is 33.4 Å². The van der Waals surface area contributed by atoms with Crippen LogP contribution >= 0.6 is 0 Å². The van der Waals surface area contributed by atoms with Crippen molar-refractivity contribution < 1.29 is 0 Å². The second-order valence-corrected chi connectivity index (χ2v) is 4.60. The molecule has 3 heterocycles. The number of aryl methyl sites for hydroxylation is 3. The third kappa shape index (κ3) is 1.91. The summed E-state index contributed by atoms with van der Waals surface area (Å²) in [6.45, 7) is 5.61. The van der Waals surface area contributed by atoms with E-state index in [1.54, 1.807) is 6.92 Å². The average Bonchev–Trinajstić information content (AvgIpc) is 2.92. The van der Waals surface area contributed by atoms with E-state index in [1.165, 1.54) is 0 Å². The molecule has 0 unspecified atom stereocenters. The molecular weight excluding hydrogens is 258 g/mol. The van der Waals surface area contributed by atoms with E-state index in [4.69, 9.17) is 0 Å². The number of aromatic nitrogens is 5. The van der Waals surface area contributed by atoms with Crippen LogP contribution in [0.1, 0.15) is 17.0 Å². The van der Waals surface area contributed by atoms with Crippen LogP contribution < -0.4 is 5.56 Å². The number of hydrogen-bond acceptors (Lipinski definition) is 5. The van der Waals surface area contributed by atoms with Crippen molar-refractivity contribution in [2.45, 2.75) is 20.8 Å². The van der Waals surface area contributed by atoms with E-state index in [0.29, 0.717) is 17.2 Å². The molecule has 0 aliphatic rings. The molecule has 3 rings (SSSR count). The van der Waals surface area contributed by atoms with Gasteiger partial charge in [0.15, 0.2) is 17.2 Å². The second-order valence-electron chi connectivity index (χ2n) is 4.60. The van der Waals surface area contributed by atoms with Crippen molar-refractivity contribution in [2.24, 2.45) is 10.2 Å². The number of nitrogens with zero attached hydrogens (tertiary/aromatic N) is 4. The molecule has 0 aliphatic heterocycles. The Morgan fingerprint density at radius 2 is 1.95 bits per heavy atom. The third-order valence-electron chi connectivity index (χ3n) is 3.01. The first-order chi connectivity index (χ1) is 9.56. The van der Waals surface area contributed by atoms with Crippen LogP contribution in [0.25, 0.3) is 11.0 Å². The van der Waals surface area contributed by atoms with Crippen molar-refractivity contribution in [1.82, 2.24) is 25.4 Å². The van der Waals surface area contributed by atoms with Crippen LogP contribution in [0.15, 0.2) is 21.1 Å². The minimum Gasteiger partial charge on any atom is -0.300 e. The summed E-state index contributed by atoms with van der Waals surface area (Å²) >= 11 is 0. The minimum atomic E-state index is -0.305. The van der Waals surface area contributed by atoms with Gasteiger partial charge in [-0.3, -0.25) is 15.0 Å². The van der Waals surface area contributed by atoms with E-state index in [-0.39, 0.29) is 11.2 Å². The molecule has 0 saturated heterocycles. The van der Waals surface area contributed by atoms with E-state index >= 15 is 0 Å². The van der Waals surface area contributed by atoms with Crippen LogP contribution in [0.5, 0.6) is 0 Å². The maximum absolute atomic E-state index is 11.5. The number of hydrogen-bond donors (Lipinski definition) is 3. The molecule has 20 heavy (non-hydrogen) atoms. The molecule has 0 aliphatic carbocycles. The number of rotatable bonds is 2. The smallest absolute Gasteiger partial charge is 0.291 e.